The lowest BCUT2D eigenvalue weighted by Gasteiger charge is -2.32. The fourth-order valence-electron chi connectivity index (χ4n) is 2.11. The first kappa shape index (κ1) is 10.4. The van der Waals surface area contributed by atoms with Gasteiger partial charge in [0, 0.05) is 33.0 Å². The monoisotopic (exact) mass is 206 g/mol. The number of hydrogen-bond acceptors (Lipinski definition) is 3. The summed E-state index contributed by atoms with van der Waals surface area (Å²) in [4.78, 5) is 6.72. The molecule has 1 fully saturated rings. The molecule has 0 radical (unpaired) electrons. The fraction of sp³-hybridized carbons (Fsp3) is 0.583. The predicted octanol–water partition coefficient (Wildman–Crippen LogP) is 1.94. The molecule has 1 saturated heterocycles. The van der Waals surface area contributed by atoms with Gasteiger partial charge in [-0.1, -0.05) is 6.07 Å². The Kier molecular flexibility index (Phi) is 3.56. The summed E-state index contributed by atoms with van der Waals surface area (Å²) in [6, 6.07) is 6.08. The van der Waals surface area contributed by atoms with Gasteiger partial charge in [0.2, 0.25) is 0 Å². The Hall–Kier alpha value is -1.09. The van der Waals surface area contributed by atoms with Crippen LogP contribution in [-0.2, 0) is 4.74 Å². The summed E-state index contributed by atoms with van der Waals surface area (Å²) in [6.07, 6.45) is 4.28. The molecular weight excluding hydrogens is 188 g/mol. The number of pyridine rings is 1. The van der Waals surface area contributed by atoms with Gasteiger partial charge in [0.05, 0.1) is 0 Å². The summed E-state index contributed by atoms with van der Waals surface area (Å²) in [5, 5.41) is 0. The van der Waals surface area contributed by atoms with E-state index in [9.17, 15) is 0 Å². The van der Waals surface area contributed by atoms with Crippen LogP contribution in [0.15, 0.2) is 24.4 Å². The first-order valence-electron chi connectivity index (χ1n) is 5.55. The third-order valence-corrected chi connectivity index (χ3v) is 2.99. The molecule has 0 spiro atoms. The smallest absolute Gasteiger partial charge is 0.128 e. The van der Waals surface area contributed by atoms with Crippen LogP contribution in [0.1, 0.15) is 12.8 Å². The molecule has 0 amide bonds. The summed E-state index contributed by atoms with van der Waals surface area (Å²) >= 11 is 0. The van der Waals surface area contributed by atoms with Gasteiger partial charge in [-0.3, -0.25) is 0 Å². The van der Waals surface area contributed by atoms with Crippen LogP contribution in [0.2, 0.25) is 0 Å². The molecule has 0 aliphatic carbocycles. The van der Waals surface area contributed by atoms with E-state index in [1.54, 1.807) is 7.11 Å². The molecule has 1 aliphatic rings. The molecule has 2 heterocycles. The molecule has 0 atom stereocenters. The van der Waals surface area contributed by atoms with Crippen molar-refractivity contribution in [1.82, 2.24) is 4.98 Å². The number of anilines is 1. The van der Waals surface area contributed by atoms with E-state index in [4.69, 9.17) is 4.74 Å². The molecule has 0 aromatic carbocycles. The average molecular weight is 206 g/mol. The maximum absolute atomic E-state index is 5.19. The van der Waals surface area contributed by atoms with E-state index in [1.165, 1.54) is 12.8 Å². The van der Waals surface area contributed by atoms with E-state index in [0.717, 1.165) is 31.4 Å². The van der Waals surface area contributed by atoms with E-state index in [1.807, 2.05) is 18.3 Å². The molecule has 2 rings (SSSR count). The predicted molar refractivity (Wildman–Crippen MR) is 61.1 cm³/mol. The highest BCUT2D eigenvalue weighted by atomic mass is 16.5. The molecule has 0 bridgehead atoms. The minimum atomic E-state index is 0.731. The topological polar surface area (TPSA) is 25.4 Å². The highest BCUT2D eigenvalue weighted by molar-refractivity contribution is 5.37. The van der Waals surface area contributed by atoms with E-state index in [0.29, 0.717) is 0 Å². The van der Waals surface area contributed by atoms with Gasteiger partial charge in [0.25, 0.3) is 0 Å². The molecule has 0 N–H and O–H groups in total. The highest BCUT2D eigenvalue weighted by Crippen LogP contribution is 2.21. The van der Waals surface area contributed by atoms with Gasteiger partial charge in [-0.2, -0.15) is 0 Å². The van der Waals surface area contributed by atoms with Crippen LogP contribution in [0.4, 0.5) is 5.82 Å². The van der Waals surface area contributed by atoms with Crippen LogP contribution in [0.3, 0.4) is 0 Å². The van der Waals surface area contributed by atoms with Gasteiger partial charge >= 0.3 is 0 Å². The van der Waals surface area contributed by atoms with Crippen molar-refractivity contribution in [2.24, 2.45) is 5.92 Å². The van der Waals surface area contributed by atoms with Crippen LogP contribution >= 0.6 is 0 Å². The third-order valence-electron chi connectivity index (χ3n) is 2.99. The minimum Gasteiger partial charge on any atom is -0.384 e. The molecule has 15 heavy (non-hydrogen) atoms. The lowest BCUT2D eigenvalue weighted by Crippen LogP contribution is -2.35. The summed E-state index contributed by atoms with van der Waals surface area (Å²) < 4.78 is 5.19. The second kappa shape index (κ2) is 5.12. The summed E-state index contributed by atoms with van der Waals surface area (Å²) in [5.41, 5.74) is 0. The van der Waals surface area contributed by atoms with E-state index >= 15 is 0 Å². The Balaban J connectivity index is 1.88. The van der Waals surface area contributed by atoms with Crippen molar-refractivity contribution in [2.75, 3.05) is 31.7 Å². The Morgan fingerprint density at radius 2 is 2.20 bits per heavy atom. The quantitative estimate of drug-likeness (QED) is 0.755. The second-order valence-electron chi connectivity index (χ2n) is 4.07. The minimum absolute atomic E-state index is 0.731. The molecule has 82 valence electrons. The number of nitrogens with zero attached hydrogens (tertiary/aromatic N) is 2. The highest BCUT2D eigenvalue weighted by Gasteiger charge is 2.19. The van der Waals surface area contributed by atoms with Crippen LogP contribution in [0.5, 0.6) is 0 Å². The molecule has 1 aliphatic heterocycles. The summed E-state index contributed by atoms with van der Waals surface area (Å²) in [5.74, 6) is 1.84. The van der Waals surface area contributed by atoms with Gasteiger partial charge in [-0.25, -0.2) is 4.98 Å². The Morgan fingerprint density at radius 1 is 1.40 bits per heavy atom. The standard InChI is InChI=1S/C12H18N2O/c1-15-10-11-5-8-14(9-6-11)12-4-2-3-7-13-12/h2-4,7,11H,5-6,8-10H2,1H3. The van der Waals surface area contributed by atoms with Gasteiger partial charge < -0.3 is 9.64 Å². The first-order valence-corrected chi connectivity index (χ1v) is 5.55. The lowest BCUT2D eigenvalue weighted by atomic mass is 9.98. The molecule has 3 nitrogen and oxygen atoms in total. The Bertz CT molecular complexity index is 281. The lowest BCUT2D eigenvalue weighted by molar-refractivity contribution is 0.139. The van der Waals surface area contributed by atoms with Crippen LogP contribution in [0, 0.1) is 5.92 Å². The van der Waals surface area contributed by atoms with Crippen molar-refractivity contribution in [2.45, 2.75) is 12.8 Å². The number of aromatic nitrogens is 1. The van der Waals surface area contributed by atoms with Crippen molar-refractivity contribution in [1.29, 1.82) is 0 Å². The largest absolute Gasteiger partial charge is 0.384 e. The van der Waals surface area contributed by atoms with Gasteiger partial charge in [0.1, 0.15) is 5.82 Å². The van der Waals surface area contributed by atoms with Gasteiger partial charge in [-0.05, 0) is 30.9 Å². The van der Waals surface area contributed by atoms with Crippen molar-refractivity contribution < 1.29 is 4.74 Å². The molecule has 3 heteroatoms. The molecule has 1 aromatic heterocycles. The number of piperidine rings is 1. The Labute approximate surface area is 91.1 Å². The molecule has 0 saturated carbocycles. The van der Waals surface area contributed by atoms with Gasteiger partial charge in [-0.15, -0.1) is 0 Å². The van der Waals surface area contributed by atoms with E-state index in [2.05, 4.69) is 16.0 Å². The van der Waals surface area contributed by atoms with Crippen molar-refractivity contribution in [3.8, 4) is 0 Å². The maximum atomic E-state index is 5.19. The SMILES string of the molecule is COCC1CCN(c2ccccn2)CC1. The van der Waals surface area contributed by atoms with Crippen LogP contribution < -0.4 is 4.90 Å². The van der Waals surface area contributed by atoms with E-state index < -0.39 is 0 Å². The number of rotatable bonds is 3. The van der Waals surface area contributed by atoms with E-state index in [-0.39, 0.29) is 0 Å². The second-order valence-corrected chi connectivity index (χ2v) is 4.07. The fourth-order valence-corrected chi connectivity index (χ4v) is 2.11. The van der Waals surface area contributed by atoms with Gasteiger partial charge in [0.15, 0.2) is 0 Å². The zero-order valence-electron chi connectivity index (χ0n) is 9.22. The molecule has 0 unspecified atom stereocenters. The van der Waals surface area contributed by atoms with Crippen LogP contribution in [-0.4, -0.2) is 31.8 Å². The number of methoxy groups -OCH3 is 1. The number of ether oxygens (including phenoxy) is 1. The zero-order chi connectivity index (χ0) is 10.5. The average Bonchev–Trinajstić information content (AvgIpc) is 2.32. The van der Waals surface area contributed by atoms with Crippen LogP contribution in [0.25, 0.3) is 0 Å². The zero-order valence-corrected chi connectivity index (χ0v) is 9.22. The normalized spacial score (nSPS) is 18.1. The molecular formula is C12H18N2O. The third kappa shape index (κ3) is 2.69. The maximum Gasteiger partial charge on any atom is 0.128 e. The molecule has 1 aromatic rings. The number of hydrogen-bond donors (Lipinski definition) is 0. The first-order chi connectivity index (χ1) is 7.40. The van der Waals surface area contributed by atoms with Crippen molar-refractivity contribution in [3.63, 3.8) is 0 Å². The van der Waals surface area contributed by atoms with Crippen molar-refractivity contribution in [3.05, 3.63) is 24.4 Å². The summed E-state index contributed by atoms with van der Waals surface area (Å²) in [6.45, 7) is 3.10. The van der Waals surface area contributed by atoms with Crippen molar-refractivity contribution >= 4 is 5.82 Å². The Morgan fingerprint density at radius 3 is 2.80 bits per heavy atom. The summed E-state index contributed by atoms with van der Waals surface area (Å²) in [7, 11) is 1.78.